The van der Waals surface area contributed by atoms with Crippen molar-refractivity contribution in [1.29, 1.82) is 0 Å². The van der Waals surface area contributed by atoms with Gasteiger partial charge in [-0.2, -0.15) is 0 Å². The van der Waals surface area contributed by atoms with Gasteiger partial charge in [0.05, 0.1) is 28.5 Å². The van der Waals surface area contributed by atoms with E-state index in [4.69, 9.17) is 0 Å². The lowest BCUT2D eigenvalue weighted by atomic mass is 9.95. The third-order valence-corrected chi connectivity index (χ3v) is 5.01. The largest absolute Gasteiger partial charge is 0.507 e. The van der Waals surface area contributed by atoms with E-state index in [0.29, 0.717) is 11.1 Å². The van der Waals surface area contributed by atoms with Crippen LogP contribution < -0.4 is 5.32 Å². The number of imide groups is 1. The Labute approximate surface area is 165 Å². The number of para-hydroxylation sites is 2. The zero-order chi connectivity index (χ0) is 20.0. The first-order valence-corrected chi connectivity index (χ1v) is 9.04. The molecule has 0 aliphatic carbocycles. The van der Waals surface area contributed by atoms with Gasteiger partial charge in [0, 0.05) is 28.9 Å². The average molecular weight is 381 g/mol. The second-order valence-corrected chi connectivity index (χ2v) is 6.69. The van der Waals surface area contributed by atoms with Gasteiger partial charge in [-0.15, -0.1) is 0 Å². The summed E-state index contributed by atoms with van der Waals surface area (Å²) < 4.78 is 1.93. The highest BCUT2D eigenvalue weighted by molar-refractivity contribution is 6.50. The number of nitrogens with zero attached hydrogens (tertiary/aromatic N) is 2. The summed E-state index contributed by atoms with van der Waals surface area (Å²) in [6.07, 6.45) is 5.25. The van der Waals surface area contributed by atoms with Gasteiger partial charge in [0.25, 0.3) is 11.8 Å². The van der Waals surface area contributed by atoms with E-state index in [-0.39, 0.29) is 16.9 Å². The number of phenols is 1. The molecule has 140 valence electrons. The molecule has 0 atom stereocenters. The molecule has 0 saturated heterocycles. The van der Waals surface area contributed by atoms with E-state index in [2.05, 4.69) is 10.3 Å². The lowest BCUT2D eigenvalue weighted by Gasteiger charge is -2.06. The van der Waals surface area contributed by atoms with Gasteiger partial charge in [-0.1, -0.05) is 36.4 Å². The molecule has 4 aromatic rings. The van der Waals surface area contributed by atoms with Crippen molar-refractivity contribution >= 4 is 33.9 Å². The minimum absolute atomic E-state index is 0.0548. The van der Waals surface area contributed by atoms with E-state index < -0.39 is 11.8 Å². The summed E-state index contributed by atoms with van der Waals surface area (Å²) >= 11 is 0. The Bertz CT molecular complexity index is 1320. The number of aromatic hydroxyl groups is 1. The number of carbonyl (C=O) groups excluding carboxylic acids is 2. The molecule has 0 bridgehead atoms. The van der Waals surface area contributed by atoms with E-state index in [1.165, 1.54) is 6.07 Å². The van der Waals surface area contributed by atoms with Crippen molar-refractivity contribution < 1.29 is 14.7 Å². The van der Waals surface area contributed by atoms with Gasteiger partial charge in [-0.25, -0.2) is 0 Å². The monoisotopic (exact) mass is 381 g/mol. The number of nitrogens with one attached hydrogen (secondary N) is 1. The maximum Gasteiger partial charge on any atom is 0.259 e. The number of hydrogen-bond acceptors (Lipinski definition) is 4. The molecule has 2 N–H and O–H groups in total. The minimum atomic E-state index is -0.523. The van der Waals surface area contributed by atoms with E-state index in [1.54, 1.807) is 30.6 Å². The first-order valence-electron chi connectivity index (χ1n) is 9.04. The lowest BCUT2D eigenvalue weighted by molar-refractivity contribution is -0.122. The Morgan fingerprint density at radius 2 is 1.55 bits per heavy atom. The van der Waals surface area contributed by atoms with Crippen molar-refractivity contribution in [2.75, 3.05) is 0 Å². The van der Waals surface area contributed by atoms with E-state index in [0.717, 1.165) is 16.6 Å². The molecule has 6 heteroatoms. The standard InChI is InChI=1S/C23H15N3O3/c27-19-10-4-2-8-16(19)20-21(23(29)25-22(20)28)17-13-26(14-6-5-11-24-12-14)18-9-3-1-7-15(17)18/h1-13,27H,(H,25,28,29). The van der Waals surface area contributed by atoms with Crippen LogP contribution in [0.5, 0.6) is 5.75 Å². The normalized spacial score (nSPS) is 13.9. The number of phenolic OH excluding ortho intramolecular Hbond substituents is 1. The van der Waals surface area contributed by atoms with Crippen LogP contribution >= 0.6 is 0 Å². The summed E-state index contributed by atoms with van der Waals surface area (Å²) in [5, 5.41) is 13.5. The van der Waals surface area contributed by atoms with Gasteiger partial charge in [-0.05, 0) is 24.3 Å². The first kappa shape index (κ1) is 16.9. The zero-order valence-electron chi connectivity index (χ0n) is 15.2. The molecule has 5 rings (SSSR count). The molecule has 2 aromatic heterocycles. The fraction of sp³-hybridized carbons (Fsp3) is 0. The smallest absolute Gasteiger partial charge is 0.259 e. The average Bonchev–Trinajstić information content (AvgIpc) is 3.26. The van der Waals surface area contributed by atoms with Crippen molar-refractivity contribution in [3.8, 4) is 11.4 Å². The maximum absolute atomic E-state index is 12.8. The molecular weight excluding hydrogens is 366 g/mol. The number of aromatic nitrogens is 2. The van der Waals surface area contributed by atoms with Gasteiger partial charge in [0.2, 0.25) is 0 Å². The minimum Gasteiger partial charge on any atom is -0.507 e. The molecule has 0 spiro atoms. The number of rotatable bonds is 3. The van der Waals surface area contributed by atoms with Crippen molar-refractivity contribution in [2.45, 2.75) is 0 Å². The first-order chi connectivity index (χ1) is 14.1. The quantitative estimate of drug-likeness (QED) is 0.534. The fourth-order valence-corrected chi connectivity index (χ4v) is 3.74. The molecule has 29 heavy (non-hydrogen) atoms. The van der Waals surface area contributed by atoms with Crippen LogP contribution in [0.1, 0.15) is 11.1 Å². The summed E-state index contributed by atoms with van der Waals surface area (Å²) in [4.78, 5) is 29.6. The molecule has 3 heterocycles. The van der Waals surface area contributed by atoms with Gasteiger partial charge in [0.1, 0.15) is 5.75 Å². The SMILES string of the molecule is O=C1NC(=O)C(c2cn(-c3cccnc3)c3ccccc23)=C1c1ccccc1O. The topological polar surface area (TPSA) is 84.2 Å². The van der Waals surface area contributed by atoms with Crippen LogP contribution in [0.2, 0.25) is 0 Å². The highest BCUT2D eigenvalue weighted by Gasteiger charge is 2.35. The van der Waals surface area contributed by atoms with Crippen LogP contribution in [0, 0.1) is 0 Å². The Kier molecular flexibility index (Phi) is 3.77. The number of carbonyl (C=O) groups is 2. The predicted octanol–water partition coefficient (Wildman–Crippen LogP) is 3.30. The van der Waals surface area contributed by atoms with E-state index >= 15 is 0 Å². The van der Waals surface area contributed by atoms with Gasteiger partial charge >= 0.3 is 0 Å². The molecule has 2 aromatic carbocycles. The summed E-state index contributed by atoms with van der Waals surface area (Å²) in [5.74, 6) is -1.06. The fourth-order valence-electron chi connectivity index (χ4n) is 3.74. The van der Waals surface area contributed by atoms with Crippen molar-refractivity contribution in [1.82, 2.24) is 14.9 Å². The van der Waals surface area contributed by atoms with Crippen LogP contribution in [-0.2, 0) is 9.59 Å². The van der Waals surface area contributed by atoms with Crippen molar-refractivity contribution in [2.24, 2.45) is 0 Å². The predicted molar refractivity (Wildman–Crippen MR) is 109 cm³/mol. The van der Waals surface area contributed by atoms with Gasteiger partial charge in [-0.3, -0.25) is 19.9 Å². The molecule has 0 radical (unpaired) electrons. The van der Waals surface area contributed by atoms with Crippen LogP contribution in [0.3, 0.4) is 0 Å². The van der Waals surface area contributed by atoms with Gasteiger partial charge < -0.3 is 9.67 Å². The molecular formula is C23H15N3O3. The highest BCUT2D eigenvalue weighted by Crippen LogP contribution is 2.39. The van der Waals surface area contributed by atoms with Gasteiger partial charge in [0.15, 0.2) is 0 Å². The summed E-state index contributed by atoms with van der Waals surface area (Å²) in [6, 6.07) is 17.9. The summed E-state index contributed by atoms with van der Waals surface area (Å²) in [5.41, 5.74) is 3.07. The molecule has 1 aliphatic heterocycles. The van der Waals surface area contributed by atoms with Crippen LogP contribution in [-0.4, -0.2) is 26.5 Å². The Morgan fingerprint density at radius 3 is 2.31 bits per heavy atom. The Morgan fingerprint density at radius 1 is 0.828 bits per heavy atom. The number of hydrogen-bond donors (Lipinski definition) is 2. The third-order valence-electron chi connectivity index (χ3n) is 5.01. The maximum atomic E-state index is 12.8. The zero-order valence-corrected chi connectivity index (χ0v) is 15.2. The number of amides is 2. The molecule has 1 aliphatic rings. The van der Waals surface area contributed by atoms with Crippen LogP contribution in [0.4, 0.5) is 0 Å². The second kappa shape index (κ2) is 6.45. The Hall–Kier alpha value is -4.19. The van der Waals surface area contributed by atoms with Crippen molar-refractivity contribution in [3.05, 3.63) is 90.4 Å². The van der Waals surface area contributed by atoms with E-state index in [9.17, 15) is 14.7 Å². The van der Waals surface area contributed by atoms with Crippen molar-refractivity contribution in [3.63, 3.8) is 0 Å². The summed E-state index contributed by atoms with van der Waals surface area (Å²) in [7, 11) is 0. The summed E-state index contributed by atoms with van der Waals surface area (Å²) in [6.45, 7) is 0. The number of benzene rings is 2. The second-order valence-electron chi connectivity index (χ2n) is 6.69. The number of fused-ring (bicyclic) bond motifs is 1. The number of pyridine rings is 1. The third kappa shape index (κ3) is 2.62. The molecule has 0 saturated carbocycles. The molecule has 0 fully saturated rings. The highest BCUT2D eigenvalue weighted by atomic mass is 16.3. The van der Waals surface area contributed by atoms with E-state index in [1.807, 2.05) is 47.2 Å². The molecule has 6 nitrogen and oxygen atoms in total. The van der Waals surface area contributed by atoms with Crippen LogP contribution in [0.25, 0.3) is 27.7 Å². The van der Waals surface area contributed by atoms with Crippen LogP contribution in [0.15, 0.2) is 79.3 Å². The molecule has 0 unspecified atom stereocenters. The Balaban J connectivity index is 1.84. The lowest BCUT2D eigenvalue weighted by Crippen LogP contribution is -2.22. The molecule has 2 amide bonds.